The van der Waals surface area contributed by atoms with Gasteiger partial charge in [-0.2, -0.15) is 0 Å². The van der Waals surface area contributed by atoms with Gasteiger partial charge in [0.2, 0.25) is 0 Å². The maximum absolute atomic E-state index is 9.88. The summed E-state index contributed by atoms with van der Waals surface area (Å²) in [6, 6.07) is 0. The first-order chi connectivity index (χ1) is 10.7. The van der Waals surface area contributed by atoms with Gasteiger partial charge in [-0.25, -0.2) is 0 Å². The second-order valence-electron chi connectivity index (χ2n) is 6.34. The molecule has 0 heterocycles. The average Bonchev–Trinajstić information content (AvgIpc) is 2.50. The van der Waals surface area contributed by atoms with Gasteiger partial charge in [-0.15, -0.1) is 6.58 Å². The molecule has 1 atom stereocenters. The van der Waals surface area contributed by atoms with E-state index >= 15 is 0 Å². The third kappa shape index (κ3) is 24.7. The summed E-state index contributed by atoms with van der Waals surface area (Å²) in [6.45, 7) is 5.99. The normalized spacial score (nSPS) is 11.6. The zero-order valence-electron chi connectivity index (χ0n) is 15.7. The summed E-state index contributed by atoms with van der Waals surface area (Å²) in [5.41, 5.74) is 0. The Morgan fingerprint density at radius 2 is 1.23 bits per heavy atom. The number of hydrogen-bond donors (Lipinski definition) is 2. The molecule has 0 saturated heterocycles. The molecular formula is C20H43NO. The Hall–Kier alpha value is -0.340. The van der Waals surface area contributed by atoms with Crippen LogP contribution in [0, 0.1) is 0 Å². The molecule has 0 aliphatic rings. The number of aliphatic hydroxyl groups is 1. The first-order valence-electron chi connectivity index (χ1n) is 9.60. The molecule has 1 unspecified atom stereocenters. The van der Waals surface area contributed by atoms with Crippen LogP contribution in [-0.4, -0.2) is 25.3 Å². The lowest BCUT2D eigenvalue weighted by Crippen LogP contribution is -2.05. The van der Waals surface area contributed by atoms with E-state index in [1.54, 1.807) is 0 Å². The van der Waals surface area contributed by atoms with E-state index in [-0.39, 0.29) is 6.10 Å². The molecule has 2 heteroatoms. The third-order valence-corrected chi connectivity index (χ3v) is 3.84. The Morgan fingerprint density at radius 1 is 0.818 bits per heavy atom. The van der Waals surface area contributed by atoms with Gasteiger partial charge in [0.1, 0.15) is 0 Å². The van der Waals surface area contributed by atoms with Crippen molar-refractivity contribution in [2.45, 2.75) is 103 Å². The highest BCUT2D eigenvalue weighted by Gasteiger charge is 2.03. The van der Waals surface area contributed by atoms with Crippen LogP contribution in [0.5, 0.6) is 0 Å². The SMILES string of the molecule is C=CCCCCCCCC(O)CCCCCCCC.CNC. The first-order valence-corrected chi connectivity index (χ1v) is 9.60. The van der Waals surface area contributed by atoms with Crippen LogP contribution in [0.2, 0.25) is 0 Å². The molecule has 2 N–H and O–H groups in total. The van der Waals surface area contributed by atoms with Crippen LogP contribution in [0.4, 0.5) is 0 Å². The number of hydrogen-bond acceptors (Lipinski definition) is 2. The van der Waals surface area contributed by atoms with Crippen molar-refractivity contribution in [2.24, 2.45) is 0 Å². The maximum Gasteiger partial charge on any atom is 0.0540 e. The number of allylic oxidation sites excluding steroid dienone is 1. The van der Waals surface area contributed by atoms with Gasteiger partial charge < -0.3 is 10.4 Å². The second-order valence-corrected chi connectivity index (χ2v) is 6.34. The predicted octanol–water partition coefficient (Wildman–Crippen LogP) is 5.85. The van der Waals surface area contributed by atoms with Crippen LogP contribution >= 0.6 is 0 Å². The molecule has 134 valence electrons. The highest BCUT2D eigenvalue weighted by Crippen LogP contribution is 2.14. The molecule has 0 saturated carbocycles. The van der Waals surface area contributed by atoms with Crippen LogP contribution in [0.25, 0.3) is 0 Å². The summed E-state index contributed by atoms with van der Waals surface area (Å²) in [6.07, 6.45) is 19.5. The predicted molar refractivity (Wildman–Crippen MR) is 101 cm³/mol. The Morgan fingerprint density at radius 3 is 1.68 bits per heavy atom. The van der Waals surface area contributed by atoms with E-state index in [4.69, 9.17) is 0 Å². The molecule has 0 spiro atoms. The Bertz CT molecular complexity index is 194. The molecule has 0 aliphatic carbocycles. The van der Waals surface area contributed by atoms with Crippen LogP contribution in [0.1, 0.15) is 96.8 Å². The minimum absolute atomic E-state index is 0.0423. The molecular weight excluding hydrogens is 270 g/mol. The molecule has 0 amide bonds. The van der Waals surface area contributed by atoms with Gasteiger partial charge in [0, 0.05) is 0 Å². The van der Waals surface area contributed by atoms with Crippen molar-refractivity contribution >= 4 is 0 Å². The zero-order chi connectivity index (χ0) is 16.9. The smallest absolute Gasteiger partial charge is 0.0540 e. The van der Waals surface area contributed by atoms with Crippen molar-refractivity contribution in [2.75, 3.05) is 14.1 Å². The fraction of sp³-hybridized carbons (Fsp3) is 0.900. The van der Waals surface area contributed by atoms with Gasteiger partial charge in [0.25, 0.3) is 0 Å². The maximum atomic E-state index is 9.88. The number of unbranched alkanes of at least 4 members (excludes halogenated alkanes) is 10. The van der Waals surface area contributed by atoms with E-state index in [0.29, 0.717) is 0 Å². The highest BCUT2D eigenvalue weighted by atomic mass is 16.3. The largest absolute Gasteiger partial charge is 0.393 e. The number of aliphatic hydroxyl groups excluding tert-OH is 1. The van der Waals surface area contributed by atoms with E-state index in [9.17, 15) is 5.11 Å². The summed E-state index contributed by atoms with van der Waals surface area (Å²) in [4.78, 5) is 0. The number of nitrogens with one attached hydrogen (secondary N) is 1. The van der Waals surface area contributed by atoms with Crippen molar-refractivity contribution < 1.29 is 5.11 Å². The summed E-state index contributed by atoms with van der Waals surface area (Å²) >= 11 is 0. The zero-order valence-corrected chi connectivity index (χ0v) is 15.7. The lowest BCUT2D eigenvalue weighted by molar-refractivity contribution is 0.147. The molecule has 0 fully saturated rings. The Balaban J connectivity index is 0. The van der Waals surface area contributed by atoms with Gasteiger partial charge in [-0.1, -0.05) is 77.2 Å². The van der Waals surface area contributed by atoms with E-state index in [2.05, 4.69) is 18.8 Å². The summed E-state index contributed by atoms with van der Waals surface area (Å²) in [5, 5.41) is 12.6. The van der Waals surface area contributed by atoms with Crippen LogP contribution in [-0.2, 0) is 0 Å². The van der Waals surface area contributed by atoms with Crippen molar-refractivity contribution in [3.63, 3.8) is 0 Å². The minimum Gasteiger partial charge on any atom is -0.393 e. The average molecular weight is 314 g/mol. The molecule has 0 aromatic rings. The van der Waals surface area contributed by atoms with Crippen molar-refractivity contribution in [3.8, 4) is 0 Å². The van der Waals surface area contributed by atoms with Crippen molar-refractivity contribution in [1.82, 2.24) is 5.32 Å². The van der Waals surface area contributed by atoms with Gasteiger partial charge >= 0.3 is 0 Å². The quantitative estimate of drug-likeness (QED) is 0.293. The second kappa shape index (κ2) is 22.9. The van der Waals surface area contributed by atoms with Gasteiger partial charge in [0.05, 0.1) is 6.10 Å². The third-order valence-electron chi connectivity index (χ3n) is 3.84. The Labute approximate surface area is 140 Å². The molecule has 22 heavy (non-hydrogen) atoms. The van der Waals surface area contributed by atoms with Gasteiger partial charge in [-0.05, 0) is 39.8 Å². The molecule has 0 bridgehead atoms. The van der Waals surface area contributed by atoms with Crippen LogP contribution in [0.15, 0.2) is 12.7 Å². The lowest BCUT2D eigenvalue weighted by atomic mass is 10.0. The Kier molecular flexibility index (Phi) is 24.9. The van der Waals surface area contributed by atoms with Crippen LogP contribution in [0.3, 0.4) is 0 Å². The molecule has 0 radical (unpaired) electrons. The van der Waals surface area contributed by atoms with Crippen LogP contribution < -0.4 is 5.32 Å². The van der Waals surface area contributed by atoms with E-state index in [0.717, 1.165) is 19.3 Å². The summed E-state index contributed by atoms with van der Waals surface area (Å²) in [7, 11) is 3.75. The molecule has 0 rings (SSSR count). The summed E-state index contributed by atoms with van der Waals surface area (Å²) < 4.78 is 0. The fourth-order valence-electron chi connectivity index (χ4n) is 2.50. The van der Waals surface area contributed by atoms with E-state index in [1.165, 1.54) is 70.6 Å². The monoisotopic (exact) mass is 313 g/mol. The number of rotatable bonds is 15. The van der Waals surface area contributed by atoms with Gasteiger partial charge in [-0.3, -0.25) is 0 Å². The topological polar surface area (TPSA) is 32.3 Å². The summed E-state index contributed by atoms with van der Waals surface area (Å²) in [5.74, 6) is 0. The van der Waals surface area contributed by atoms with E-state index in [1.807, 2.05) is 20.2 Å². The van der Waals surface area contributed by atoms with Crippen molar-refractivity contribution in [1.29, 1.82) is 0 Å². The standard InChI is InChI=1S/C18H36O.C2H7N/c1-3-5-7-9-11-13-15-17-18(19)16-14-12-10-8-6-4-2;1-3-2/h3,18-19H,1,4-17H2,2H3;3H,1-2H3. The highest BCUT2D eigenvalue weighted by molar-refractivity contribution is 4.65. The molecule has 2 nitrogen and oxygen atoms in total. The molecule has 0 aliphatic heterocycles. The fourth-order valence-corrected chi connectivity index (χ4v) is 2.50. The molecule has 0 aromatic heterocycles. The van der Waals surface area contributed by atoms with Crippen molar-refractivity contribution in [3.05, 3.63) is 12.7 Å². The van der Waals surface area contributed by atoms with Gasteiger partial charge in [0.15, 0.2) is 0 Å². The minimum atomic E-state index is -0.0423. The lowest BCUT2D eigenvalue weighted by Gasteiger charge is -2.10. The van der Waals surface area contributed by atoms with E-state index < -0.39 is 0 Å². The first kappa shape index (κ1) is 23.9. The molecule has 0 aromatic carbocycles.